The number of nitrogens with zero attached hydrogens (tertiary/aromatic N) is 1. The van der Waals surface area contributed by atoms with Crippen molar-refractivity contribution in [2.75, 3.05) is 13.1 Å². The summed E-state index contributed by atoms with van der Waals surface area (Å²) in [5.41, 5.74) is 5.75. The molecule has 0 radical (unpaired) electrons. The van der Waals surface area contributed by atoms with Crippen LogP contribution in [0.5, 0.6) is 0 Å². The van der Waals surface area contributed by atoms with Gasteiger partial charge in [0, 0.05) is 30.1 Å². The van der Waals surface area contributed by atoms with Crippen LogP contribution in [0.25, 0.3) is 0 Å². The molecule has 1 aromatic carbocycles. The van der Waals surface area contributed by atoms with Gasteiger partial charge in [-0.1, -0.05) is 35.8 Å². The second-order valence-electron chi connectivity index (χ2n) is 6.39. The molecule has 1 unspecified atom stereocenters. The zero-order valence-corrected chi connectivity index (χ0v) is 15.0. The molecule has 0 aliphatic carbocycles. The first kappa shape index (κ1) is 19.7. The van der Waals surface area contributed by atoms with Gasteiger partial charge in [-0.3, -0.25) is 4.90 Å². The van der Waals surface area contributed by atoms with Gasteiger partial charge in [0.05, 0.1) is 5.56 Å². The van der Waals surface area contributed by atoms with Gasteiger partial charge in [0.15, 0.2) is 0 Å². The largest absolute Gasteiger partial charge is 0.416 e. The molecule has 0 saturated carbocycles. The van der Waals surface area contributed by atoms with Gasteiger partial charge in [0.1, 0.15) is 0 Å². The van der Waals surface area contributed by atoms with Crippen molar-refractivity contribution in [2.45, 2.75) is 39.0 Å². The number of nitrogens with two attached hydrogens (primary N) is 1. The zero-order chi connectivity index (χ0) is 15.8. The maximum Gasteiger partial charge on any atom is 0.416 e. The topological polar surface area (TPSA) is 29.3 Å². The van der Waals surface area contributed by atoms with Crippen molar-refractivity contribution in [1.29, 1.82) is 0 Å². The number of alkyl halides is 3. The molecule has 22 heavy (non-hydrogen) atoms. The van der Waals surface area contributed by atoms with E-state index in [2.05, 4.69) is 34.7 Å². The summed E-state index contributed by atoms with van der Waals surface area (Å²) in [5.74, 6) is 0. The van der Waals surface area contributed by atoms with E-state index in [1.165, 1.54) is 0 Å². The van der Waals surface area contributed by atoms with Crippen LogP contribution in [0.2, 0.25) is 0 Å². The first-order valence-corrected chi connectivity index (χ1v) is 7.72. The molecule has 2 rings (SSSR count). The van der Waals surface area contributed by atoms with Crippen LogP contribution in [0, 0.1) is 5.41 Å². The number of likely N-dealkylation sites (tertiary alicyclic amines) is 1. The normalized spacial score (nSPS) is 22.2. The second kappa shape index (κ2) is 7.07. The van der Waals surface area contributed by atoms with Crippen molar-refractivity contribution < 1.29 is 13.2 Å². The third-order valence-corrected chi connectivity index (χ3v) is 4.66. The molecule has 0 spiro atoms. The highest BCUT2D eigenvalue weighted by Crippen LogP contribution is 2.35. The molecule has 2 nitrogen and oxygen atoms in total. The van der Waals surface area contributed by atoms with Crippen LogP contribution >= 0.6 is 28.3 Å². The average molecular weight is 402 g/mol. The van der Waals surface area contributed by atoms with E-state index >= 15 is 0 Å². The first-order chi connectivity index (χ1) is 9.59. The first-order valence-electron chi connectivity index (χ1n) is 6.93. The van der Waals surface area contributed by atoms with Crippen LogP contribution in [0.4, 0.5) is 13.2 Å². The molecule has 7 heteroatoms. The van der Waals surface area contributed by atoms with Crippen molar-refractivity contribution in [3.05, 3.63) is 33.8 Å². The van der Waals surface area contributed by atoms with E-state index in [-0.39, 0.29) is 23.9 Å². The number of hydrogen-bond donors (Lipinski definition) is 1. The molecule has 0 bridgehead atoms. The summed E-state index contributed by atoms with van der Waals surface area (Å²) in [6.07, 6.45) is -3.52. The SMILES string of the molecule is CC1(C)CN(Cc2ccc(Br)cc2C(F)(F)F)CCC1N.Cl. The van der Waals surface area contributed by atoms with E-state index in [4.69, 9.17) is 5.73 Å². The number of benzene rings is 1. The fourth-order valence-corrected chi connectivity index (χ4v) is 3.17. The molecular weight excluding hydrogens is 381 g/mol. The van der Waals surface area contributed by atoms with Crippen LogP contribution in [0.1, 0.15) is 31.4 Å². The van der Waals surface area contributed by atoms with Crippen molar-refractivity contribution in [2.24, 2.45) is 11.1 Å². The Morgan fingerprint density at radius 3 is 2.55 bits per heavy atom. The highest BCUT2D eigenvalue weighted by Gasteiger charge is 2.36. The standard InChI is InChI=1S/C15H20BrF3N2.ClH/c1-14(2)9-21(6-5-13(14)20)8-10-3-4-11(16)7-12(10)15(17,18)19;/h3-4,7,13H,5-6,8-9,20H2,1-2H3;1H. The molecule has 126 valence electrons. The minimum Gasteiger partial charge on any atom is -0.327 e. The molecule has 1 atom stereocenters. The van der Waals surface area contributed by atoms with E-state index in [1.54, 1.807) is 12.1 Å². The Balaban J connectivity index is 0.00000242. The fourth-order valence-electron chi connectivity index (χ4n) is 2.81. The van der Waals surface area contributed by atoms with Gasteiger partial charge in [0.2, 0.25) is 0 Å². The lowest BCUT2D eigenvalue weighted by Gasteiger charge is -2.42. The van der Waals surface area contributed by atoms with Crippen LogP contribution in [0.3, 0.4) is 0 Å². The van der Waals surface area contributed by atoms with Gasteiger partial charge >= 0.3 is 6.18 Å². The molecule has 1 fully saturated rings. The van der Waals surface area contributed by atoms with Crippen molar-refractivity contribution in [1.82, 2.24) is 4.90 Å². The van der Waals surface area contributed by atoms with Gasteiger partial charge in [0.25, 0.3) is 0 Å². The lowest BCUT2D eigenvalue weighted by molar-refractivity contribution is -0.138. The molecule has 1 saturated heterocycles. The number of rotatable bonds is 2. The van der Waals surface area contributed by atoms with Crippen LogP contribution in [-0.4, -0.2) is 24.0 Å². The minimum absolute atomic E-state index is 0. The zero-order valence-electron chi connectivity index (χ0n) is 12.6. The Morgan fingerprint density at radius 2 is 2.00 bits per heavy atom. The number of halogens is 5. The molecule has 0 amide bonds. The van der Waals surface area contributed by atoms with E-state index < -0.39 is 11.7 Å². The maximum atomic E-state index is 13.1. The summed E-state index contributed by atoms with van der Waals surface area (Å²) >= 11 is 3.11. The van der Waals surface area contributed by atoms with E-state index in [0.717, 1.165) is 19.0 Å². The van der Waals surface area contributed by atoms with Crippen molar-refractivity contribution in [3.63, 3.8) is 0 Å². The molecule has 0 aromatic heterocycles. The summed E-state index contributed by atoms with van der Waals surface area (Å²) < 4.78 is 39.9. The van der Waals surface area contributed by atoms with Gasteiger partial charge in [-0.05, 0) is 29.5 Å². The second-order valence-corrected chi connectivity index (χ2v) is 7.31. The highest BCUT2D eigenvalue weighted by atomic mass is 79.9. The number of piperidine rings is 1. The summed E-state index contributed by atoms with van der Waals surface area (Å²) in [7, 11) is 0. The Hall–Kier alpha value is -0.300. The summed E-state index contributed by atoms with van der Waals surface area (Å²) in [4.78, 5) is 2.06. The molecule has 1 aromatic rings. The molecule has 1 aliphatic heterocycles. The van der Waals surface area contributed by atoms with Crippen LogP contribution in [0.15, 0.2) is 22.7 Å². The van der Waals surface area contributed by atoms with Gasteiger partial charge in [-0.25, -0.2) is 0 Å². The summed E-state index contributed by atoms with van der Waals surface area (Å²) in [5, 5.41) is 0. The smallest absolute Gasteiger partial charge is 0.327 e. The van der Waals surface area contributed by atoms with Crippen LogP contribution in [-0.2, 0) is 12.7 Å². The van der Waals surface area contributed by atoms with Crippen molar-refractivity contribution >= 4 is 28.3 Å². The number of hydrogen-bond acceptors (Lipinski definition) is 2. The molecule has 1 heterocycles. The monoisotopic (exact) mass is 400 g/mol. The van der Waals surface area contributed by atoms with Crippen LogP contribution < -0.4 is 5.73 Å². The predicted molar refractivity (Wildman–Crippen MR) is 88.0 cm³/mol. The predicted octanol–water partition coefficient (Wildman–Crippen LogP) is 4.45. The third-order valence-electron chi connectivity index (χ3n) is 4.16. The maximum absolute atomic E-state index is 13.1. The van der Waals surface area contributed by atoms with E-state index in [0.29, 0.717) is 23.1 Å². The Morgan fingerprint density at radius 1 is 1.36 bits per heavy atom. The van der Waals surface area contributed by atoms with E-state index in [1.807, 2.05) is 0 Å². The minimum atomic E-state index is -4.33. The summed E-state index contributed by atoms with van der Waals surface area (Å²) in [6, 6.07) is 4.46. The Labute approximate surface area is 143 Å². The quantitative estimate of drug-likeness (QED) is 0.793. The lowest BCUT2D eigenvalue weighted by atomic mass is 9.79. The highest BCUT2D eigenvalue weighted by molar-refractivity contribution is 9.10. The Kier molecular flexibility index (Phi) is 6.35. The average Bonchev–Trinajstić information content (AvgIpc) is 2.34. The molecular formula is C15H21BrClF3N2. The molecule has 1 aliphatic rings. The Bertz CT molecular complexity index is 520. The van der Waals surface area contributed by atoms with Gasteiger partial charge < -0.3 is 5.73 Å². The lowest BCUT2D eigenvalue weighted by Crippen LogP contribution is -2.52. The van der Waals surface area contributed by atoms with Gasteiger partial charge in [-0.2, -0.15) is 13.2 Å². The third kappa shape index (κ3) is 4.60. The van der Waals surface area contributed by atoms with Crippen molar-refractivity contribution in [3.8, 4) is 0 Å². The molecule has 2 N–H and O–H groups in total. The summed E-state index contributed by atoms with van der Waals surface area (Å²) in [6.45, 7) is 5.88. The van der Waals surface area contributed by atoms with E-state index in [9.17, 15) is 13.2 Å². The van der Waals surface area contributed by atoms with Gasteiger partial charge in [-0.15, -0.1) is 12.4 Å². The fraction of sp³-hybridized carbons (Fsp3) is 0.600.